The van der Waals surface area contributed by atoms with Gasteiger partial charge in [-0.25, -0.2) is 0 Å². The van der Waals surface area contributed by atoms with Crippen molar-refractivity contribution in [2.75, 3.05) is 7.11 Å². The van der Waals surface area contributed by atoms with Crippen molar-refractivity contribution in [2.24, 2.45) is 0 Å². The molecule has 0 fully saturated rings. The smallest absolute Gasteiger partial charge is 0.124 e. The molecule has 0 unspecified atom stereocenters. The third-order valence-corrected chi connectivity index (χ3v) is 4.56. The Bertz CT molecular complexity index is 819. The van der Waals surface area contributed by atoms with Crippen molar-refractivity contribution in [3.8, 4) is 11.5 Å². The Balaban J connectivity index is 1.60. The van der Waals surface area contributed by atoms with Gasteiger partial charge in [-0.05, 0) is 41.5 Å². The Morgan fingerprint density at radius 1 is 0.846 bits per heavy atom. The van der Waals surface area contributed by atoms with Crippen LogP contribution in [0.3, 0.4) is 0 Å². The van der Waals surface area contributed by atoms with Crippen LogP contribution in [0.2, 0.25) is 0 Å². The van der Waals surface area contributed by atoms with Crippen LogP contribution in [-0.4, -0.2) is 7.11 Å². The Kier molecular flexibility index (Phi) is 6.69. The second-order valence-corrected chi connectivity index (χ2v) is 6.89. The SMILES string of the molecule is COc1ccc(CNCc2cc(Br)ccc2OCc2ccccc2)cc1. The lowest BCUT2D eigenvalue weighted by molar-refractivity contribution is 0.302. The minimum absolute atomic E-state index is 0.563. The highest BCUT2D eigenvalue weighted by Crippen LogP contribution is 2.24. The van der Waals surface area contributed by atoms with Crippen molar-refractivity contribution in [3.05, 3.63) is 94.0 Å². The summed E-state index contributed by atoms with van der Waals surface area (Å²) in [5.41, 5.74) is 3.50. The fourth-order valence-electron chi connectivity index (χ4n) is 2.65. The Labute approximate surface area is 163 Å². The molecule has 0 saturated heterocycles. The van der Waals surface area contributed by atoms with Crippen LogP contribution < -0.4 is 14.8 Å². The molecule has 3 rings (SSSR count). The first-order valence-electron chi connectivity index (χ1n) is 8.53. The van der Waals surface area contributed by atoms with E-state index in [2.05, 4.69) is 51.6 Å². The van der Waals surface area contributed by atoms with E-state index in [4.69, 9.17) is 9.47 Å². The molecular weight excluding hydrogens is 390 g/mol. The van der Waals surface area contributed by atoms with Crippen LogP contribution in [0, 0.1) is 0 Å². The molecule has 0 aliphatic rings. The number of nitrogens with one attached hydrogen (secondary N) is 1. The molecule has 3 aromatic rings. The molecule has 0 saturated carbocycles. The Hall–Kier alpha value is -2.30. The third-order valence-electron chi connectivity index (χ3n) is 4.06. The lowest BCUT2D eigenvalue weighted by Crippen LogP contribution is -2.13. The summed E-state index contributed by atoms with van der Waals surface area (Å²) in [4.78, 5) is 0. The van der Waals surface area contributed by atoms with E-state index in [1.165, 1.54) is 5.56 Å². The van der Waals surface area contributed by atoms with Crippen molar-refractivity contribution in [3.63, 3.8) is 0 Å². The van der Waals surface area contributed by atoms with Crippen LogP contribution in [0.4, 0.5) is 0 Å². The van der Waals surface area contributed by atoms with Gasteiger partial charge in [-0.15, -0.1) is 0 Å². The first kappa shape index (κ1) is 18.5. The minimum Gasteiger partial charge on any atom is -0.497 e. The van der Waals surface area contributed by atoms with Crippen LogP contribution in [-0.2, 0) is 19.7 Å². The molecule has 0 aliphatic carbocycles. The van der Waals surface area contributed by atoms with Gasteiger partial charge < -0.3 is 14.8 Å². The van der Waals surface area contributed by atoms with Gasteiger partial charge in [0.25, 0.3) is 0 Å². The van der Waals surface area contributed by atoms with E-state index >= 15 is 0 Å². The van der Waals surface area contributed by atoms with Gasteiger partial charge in [0.1, 0.15) is 18.1 Å². The molecule has 0 spiro atoms. The second-order valence-electron chi connectivity index (χ2n) is 5.98. The van der Waals surface area contributed by atoms with Gasteiger partial charge in [-0.2, -0.15) is 0 Å². The standard InChI is InChI=1S/C22H22BrNO2/c1-25-21-10-7-17(8-11-21)14-24-15-19-13-20(23)9-12-22(19)26-16-18-5-3-2-4-6-18/h2-13,24H,14-16H2,1H3. The molecule has 0 atom stereocenters. The van der Waals surface area contributed by atoms with E-state index in [1.54, 1.807) is 7.11 Å². The lowest BCUT2D eigenvalue weighted by atomic mass is 10.1. The summed E-state index contributed by atoms with van der Waals surface area (Å²) >= 11 is 3.55. The van der Waals surface area contributed by atoms with Gasteiger partial charge in [-0.1, -0.05) is 58.4 Å². The van der Waals surface area contributed by atoms with Gasteiger partial charge in [0.05, 0.1) is 7.11 Å². The van der Waals surface area contributed by atoms with Crippen molar-refractivity contribution < 1.29 is 9.47 Å². The number of ether oxygens (including phenoxy) is 2. The molecule has 0 radical (unpaired) electrons. The van der Waals surface area contributed by atoms with E-state index in [1.807, 2.05) is 42.5 Å². The maximum atomic E-state index is 6.03. The molecule has 0 heterocycles. The highest BCUT2D eigenvalue weighted by molar-refractivity contribution is 9.10. The summed E-state index contributed by atoms with van der Waals surface area (Å²) in [7, 11) is 1.68. The summed E-state index contributed by atoms with van der Waals surface area (Å²) in [6.45, 7) is 2.08. The predicted molar refractivity (Wildman–Crippen MR) is 108 cm³/mol. The van der Waals surface area contributed by atoms with Gasteiger partial charge in [0, 0.05) is 23.1 Å². The number of methoxy groups -OCH3 is 1. The largest absolute Gasteiger partial charge is 0.497 e. The van der Waals surface area contributed by atoms with Crippen LogP contribution in [0.15, 0.2) is 77.3 Å². The number of hydrogen-bond acceptors (Lipinski definition) is 3. The Morgan fingerprint density at radius 3 is 2.35 bits per heavy atom. The second kappa shape index (κ2) is 9.41. The van der Waals surface area contributed by atoms with Crippen molar-refractivity contribution in [2.45, 2.75) is 19.7 Å². The van der Waals surface area contributed by atoms with E-state index in [0.717, 1.165) is 40.2 Å². The normalized spacial score (nSPS) is 10.5. The summed E-state index contributed by atoms with van der Waals surface area (Å²) in [6.07, 6.45) is 0. The topological polar surface area (TPSA) is 30.5 Å². The number of benzene rings is 3. The third kappa shape index (κ3) is 5.35. The zero-order valence-corrected chi connectivity index (χ0v) is 16.3. The summed E-state index contributed by atoms with van der Waals surface area (Å²) in [5, 5.41) is 3.48. The molecule has 0 aliphatic heterocycles. The molecule has 1 N–H and O–H groups in total. The maximum absolute atomic E-state index is 6.03. The van der Waals surface area contributed by atoms with Crippen LogP contribution in [0.1, 0.15) is 16.7 Å². The van der Waals surface area contributed by atoms with E-state index in [-0.39, 0.29) is 0 Å². The molecule has 0 aromatic heterocycles. The first-order chi connectivity index (χ1) is 12.7. The fraction of sp³-hybridized carbons (Fsp3) is 0.182. The Morgan fingerprint density at radius 2 is 1.62 bits per heavy atom. The maximum Gasteiger partial charge on any atom is 0.124 e. The van der Waals surface area contributed by atoms with Crippen LogP contribution >= 0.6 is 15.9 Å². The average Bonchev–Trinajstić information content (AvgIpc) is 2.69. The number of halogens is 1. The van der Waals surface area contributed by atoms with Crippen LogP contribution in [0.25, 0.3) is 0 Å². The first-order valence-corrected chi connectivity index (χ1v) is 9.33. The summed E-state index contributed by atoms with van der Waals surface area (Å²) in [5.74, 6) is 1.77. The fourth-order valence-corrected chi connectivity index (χ4v) is 3.06. The summed E-state index contributed by atoms with van der Waals surface area (Å²) < 4.78 is 12.3. The van der Waals surface area contributed by atoms with Gasteiger partial charge in [0.15, 0.2) is 0 Å². The van der Waals surface area contributed by atoms with Gasteiger partial charge in [0.2, 0.25) is 0 Å². The monoisotopic (exact) mass is 411 g/mol. The molecule has 3 nitrogen and oxygen atoms in total. The molecule has 3 aromatic carbocycles. The van der Waals surface area contributed by atoms with Gasteiger partial charge in [-0.3, -0.25) is 0 Å². The highest BCUT2D eigenvalue weighted by Gasteiger charge is 2.06. The number of hydrogen-bond donors (Lipinski definition) is 1. The molecule has 4 heteroatoms. The van der Waals surface area contributed by atoms with Crippen molar-refractivity contribution in [1.82, 2.24) is 5.32 Å². The minimum atomic E-state index is 0.563. The van der Waals surface area contributed by atoms with Crippen molar-refractivity contribution >= 4 is 15.9 Å². The molecule has 0 amide bonds. The van der Waals surface area contributed by atoms with E-state index in [9.17, 15) is 0 Å². The zero-order valence-electron chi connectivity index (χ0n) is 14.7. The summed E-state index contributed by atoms with van der Waals surface area (Å²) in [6, 6.07) is 24.4. The lowest BCUT2D eigenvalue weighted by Gasteiger charge is -2.13. The quantitative estimate of drug-likeness (QED) is 0.543. The molecule has 26 heavy (non-hydrogen) atoms. The zero-order chi connectivity index (χ0) is 18.2. The highest BCUT2D eigenvalue weighted by atomic mass is 79.9. The average molecular weight is 412 g/mol. The molecule has 134 valence electrons. The molecular formula is C22H22BrNO2. The van der Waals surface area contributed by atoms with E-state index < -0.39 is 0 Å². The predicted octanol–water partition coefficient (Wildman–Crippen LogP) is 5.33. The van der Waals surface area contributed by atoms with Crippen LogP contribution in [0.5, 0.6) is 11.5 Å². The van der Waals surface area contributed by atoms with Crippen molar-refractivity contribution in [1.29, 1.82) is 0 Å². The van der Waals surface area contributed by atoms with Gasteiger partial charge >= 0.3 is 0 Å². The molecule has 0 bridgehead atoms. The number of rotatable bonds is 8. The van der Waals surface area contributed by atoms with E-state index in [0.29, 0.717) is 6.61 Å².